The van der Waals surface area contributed by atoms with Crippen molar-refractivity contribution in [3.8, 4) is 5.75 Å². The van der Waals surface area contributed by atoms with Crippen molar-refractivity contribution in [2.24, 2.45) is 0 Å². The molecule has 0 bridgehead atoms. The second kappa shape index (κ2) is 8.17. The normalized spacial score (nSPS) is 15.0. The van der Waals surface area contributed by atoms with E-state index in [1.165, 1.54) is 17.5 Å². The number of nitrogens with zero attached hydrogens (tertiary/aromatic N) is 3. The van der Waals surface area contributed by atoms with Crippen LogP contribution in [0.25, 0.3) is 0 Å². The van der Waals surface area contributed by atoms with Gasteiger partial charge in [-0.1, -0.05) is 23.4 Å². The molecule has 158 valence electrons. The largest absolute Gasteiger partial charge is 0.496 e. The van der Waals surface area contributed by atoms with Crippen LogP contribution in [-0.4, -0.2) is 56.1 Å². The maximum absolute atomic E-state index is 12.9. The Morgan fingerprint density at radius 1 is 1.27 bits per heavy atom. The molecule has 9 nitrogen and oxygen atoms in total. The van der Waals surface area contributed by atoms with E-state index in [-0.39, 0.29) is 28.8 Å². The van der Waals surface area contributed by atoms with E-state index in [4.69, 9.17) is 9.26 Å². The number of methoxy groups -OCH3 is 2. The summed E-state index contributed by atoms with van der Waals surface area (Å²) in [4.78, 5) is 16.3. The van der Waals surface area contributed by atoms with Crippen molar-refractivity contribution in [2.75, 3.05) is 27.3 Å². The third-order valence-corrected chi connectivity index (χ3v) is 7.74. The van der Waals surface area contributed by atoms with Gasteiger partial charge in [-0.05, 0) is 17.5 Å². The molecule has 2 aromatic heterocycles. The zero-order chi connectivity index (χ0) is 21.3. The molecule has 0 atom stereocenters. The Hall–Kier alpha value is -2.76. The Bertz CT molecular complexity index is 1160. The van der Waals surface area contributed by atoms with Gasteiger partial charge in [0, 0.05) is 25.1 Å². The molecule has 0 spiro atoms. The van der Waals surface area contributed by atoms with Crippen LogP contribution in [0.2, 0.25) is 0 Å². The van der Waals surface area contributed by atoms with Gasteiger partial charge in [-0.15, -0.1) is 11.3 Å². The van der Waals surface area contributed by atoms with Crippen molar-refractivity contribution in [3.63, 3.8) is 0 Å². The molecule has 0 unspecified atom stereocenters. The Morgan fingerprint density at radius 2 is 2.03 bits per heavy atom. The van der Waals surface area contributed by atoms with Crippen molar-refractivity contribution in [1.29, 1.82) is 0 Å². The lowest BCUT2D eigenvalue weighted by Crippen LogP contribution is -2.48. The molecule has 3 heterocycles. The molecule has 1 aliphatic heterocycles. The zero-order valence-corrected chi connectivity index (χ0v) is 17.9. The van der Waals surface area contributed by atoms with Gasteiger partial charge in [-0.3, -0.25) is 0 Å². The number of carbonyl (C=O) groups excluding carboxylic acids is 1. The monoisotopic (exact) mass is 449 g/mol. The number of aromatic nitrogens is 2. The fourth-order valence-corrected chi connectivity index (χ4v) is 6.03. The lowest BCUT2D eigenvalue weighted by molar-refractivity contribution is 0.0602. The zero-order valence-electron chi connectivity index (χ0n) is 16.3. The van der Waals surface area contributed by atoms with Crippen molar-refractivity contribution in [3.05, 3.63) is 57.9 Å². The number of para-hydroxylation sites is 1. The lowest BCUT2D eigenvalue weighted by atomic mass is 10.0. The van der Waals surface area contributed by atoms with E-state index in [1.54, 1.807) is 12.5 Å². The van der Waals surface area contributed by atoms with Crippen LogP contribution in [0.1, 0.15) is 32.9 Å². The van der Waals surface area contributed by atoms with Gasteiger partial charge in [0.2, 0.25) is 15.9 Å². The smallest absolute Gasteiger partial charge is 0.349 e. The van der Waals surface area contributed by atoms with Crippen molar-refractivity contribution >= 4 is 27.3 Å². The molecular formula is C19H19N3O6S2. The van der Waals surface area contributed by atoms with Gasteiger partial charge in [-0.25, -0.2) is 13.2 Å². The maximum Gasteiger partial charge on any atom is 0.349 e. The summed E-state index contributed by atoms with van der Waals surface area (Å²) in [7, 11) is -0.981. The summed E-state index contributed by atoms with van der Waals surface area (Å²) in [6, 6.07) is 8.98. The fraction of sp³-hybridized carbons (Fsp3) is 0.316. The van der Waals surface area contributed by atoms with Crippen LogP contribution < -0.4 is 4.74 Å². The van der Waals surface area contributed by atoms with Crippen LogP contribution in [0.4, 0.5) is 0 Å². The Morgan fingerprint density at radius 3 is 2.77 bits per heavy atom. The number of benzene rings is 1. The summed E-state index contributed by atoms with van der Waals surface area (Å²) in [5.74, 6) is 0.769. The van der Waals surface area contributed by atoms with Gasteiger partial charge < -0.3 is 14.0 Å². The van der Waals surface area contributed by atoms with E-state index in [1.807, 2.05) is 24.3 Å². The second-order valence-corrected chi connectivity index (χ2v) is 9.48. The van der Waals surface area contributed by atoms with Crippen LogP contribution in [0.5, 0.6) is 5.75 Å². The highest BCUT2D eigenvalue weighted by Gasteiger charge is 2.42. The van der Waals surface area contributed by atoms with Crippen LogP contribution in [0.15, 0.2) is 45.1 Å². The molecule has 0 amide bonds. The predicted octanol–water partition coefficient (Wildman–Crippen LogP) is 2.31. The van der Waals surface area contributed by atoms with Gasteiger partial charge in [0.15, 0.2) is 5.82 Å². The summed E-state index contributed by atoms with van der Waals surface area (Å²) in [6.07, 6.45) is 0.444. The Labute approximate surface area is 177 Å². The number of hydrogen-bond donors (Lipinski definition) is 0. The molecule has 0 radical (unpaired) electrons. The molecule has 0 N–H and O–H groups in total. The summed E-state index contributed by atoms with van der Waals surface area (Å²) < 4.78 is 42.3. The molecule has 1 fully saturated rings. The summed E-state index contributed by atoms with van der Waals surface area (Å²) in [5.41, 5.74) is 0.929. The van der Waals surface area contributed by atoms with Crippen molar-refractivity contribution in [1.82, 2.24) is 14.4 Å². The summed E-state index contributed by atoms with van der Waals surface area (Å²) in [6.45, 7) is 0.407. The predicted molar refractivity (Wildman–Crippen MR) is 107 cm³/mol. The van der Waals surface area contributed by atoms with E-state index >= 15 is 0 Å². The molecule has 1 saturated heterocycles. The first-order chi connectivity index (χ1) is 14.4. The van der Waals surface area contributed by atoms with E-state index in [0.29, 0.717) is 18.1 Å². The molecule has 0 aliphatic carbocycles. The van der Waals surface area contributed by atoms with Crippen LogP contribution >= 0.6 is 11.3 Å². The highest BCUT2D eigenvalue weighted by Crippen LogP contribution is 2.34. The number of esters is 1. The number of rotatable bonds is 7. The van der Waals surface area contributed by atoms with Crippen molar-refractivity contribution < 1.29 is 27.2 Å². The first-order valence-electron chi connectivity index (χ1n) is 9.04. The minimum Gasteiger partial charge on any atom is -0.496 e. The third-order valence-electron chi connectivity index (χ3n) is 4.84. The van der Waals surface area contributed by atoms with Gasteiger partial charge in [0.05, 0.1) is 20.1 Å². The lowest BCUT2D eigenvalue weighted by Gasteiger charge is -2.35. The first kappa shape index (κ1) is 20.5. The van der Waals surface area contributed by atoms with Crippen LogP contribution in [0, 0.1) is 0 Å². The van der Waals surface area contributed by atoms with E-state index < -0.39 is 16.0 Å². The van der Waals surface area contributed by atoms with Crippen molar-refractivity contribution in [2.45, 2.75) is 17.2 Å². The third kappa shape index (κ3) is 3.71. The molecule has 3 aromatic rings. The number of ether oxygens (including phenoxy) is 2. The minimum atomic E-state index is -3.80. The Balaban J connectivity index is 1.44. The number of carbonyl (C=O) groups is 1. The second-order valence-electron chi connectivity index (χ2n) is 6.66. The fourth-order valence-electron chi connectivity index (χ4n) is 3.20. The number of hydrogen-bond acceptors (Lipinski definition) is 9. The van der Waals surface area contributed by atoms with Gasteiger partial charge in [0.25, 0.3) is 0 Å². The highest BCUT2D eigenvalue weighted by molar-refractivity contribution is 7.89. The first-order valence-corrected chi connectivity index (χ1v) is 11.4. The summed E-state index contributed by atoms with van der Waals surface area (Å²) >= 11 is 1.03. The summed E-state index contributed by atoms with van der Waals surface area (Å²) in [5, 5.41) is 5.56. The van der Waals surface area contributed by atoms with E-state index in [9.17, 15) is 13.2 Å². The topological polar surface area (TPSA) is 112 Å². The molecular weight excluding hydrogens is 430 g/mol. The van der Waals surface area contributed by atoms with Crippen LogP contribution in [0.3, 0.4) is 0 Å². The van der Waals surface area contributed by atoms with Crippen LogP contribution in [-0.2, 0) is 21.2 Å². The maximum atomic E-state index is 12.9. The van der Waals surface area contributed by atoms with E-state index in [2.05, 4.69) is 14.9 Å². The average molecular weight is 450 g/mol. The minimum absolute atomic E-state index is 0.0415. The SMILES string of the molecule is COC(=O)c1sccc1S(=O)(=O)N1CC(c2nc(Cc3ccccc3OC)no2)C1. The van der Waals surface area contributed by atoms with Gasteiger partial charge in [-0.2, -0.15) is 9.29 Å². The molecule has 1 aliphatic rings. The Kier molecular flexibility index (Phi) is 5.58. The average Bonchev–Trinajstić information content (AvgIpc) is 3.37. The molecule has 0 saturated carbocycles. The molecule has 1 aromatic carbocycles. The van der Waals surface area contributed by atoms with E-state index in [0.717, 1.165) is 22.6 Å². The van der Waals surface area contributed by atoms with Gasteiger partial charge in [0.1, 0.15) is 15.5 Å². The van der Waals surface area contributed by atoms with Gasteiger partial charge >= 0.3 is 5.97 Å². The molecule has 4 rings (SSSR count). The quantitative estimate of drug-likeness (QED) is 0.505. The number of thiophene rings is 1. The molecule has 11 heteroatoms. The number of sulfonamides is 1. The standard InChI is InChI=1S/C19H19N3O6S2/c1-26-14-6-4-3-5-12(14)9-16-20-18(28-21-16)13-10-22(11-13)30(24,25)15-7-8-29-17(15)19(23)27-2/h3-8,13H,9-11H2,1-2H3. The highest BCUT2D eigenvalue weighted by atomic mass is 32.2. The molecule has 30 heavy (non-hydrogen) atoms.